The fraction of sp³-hybridized carbons (Fsp3) is 0.929. The van der Waals surface area contributed by atoms with E-state index in [-0.39, 0.29) is 11.5 Å². The maximum atomic E-state index is 11.5. The van der Waals surface area contributed by atoms with Gasteiger partial charge in [-0.2, -0.15) is 0 Å². The first kappa shape index (κ1) is 16.4. The topological polar surface area (TPSA) is 38.3 Å². The quantitative estimate of drug-likeness (QED) is 0.632. The largest absolute Gasteiger partial charge is 0.465 e. The number of carbonyl (C=O) groups is 1. The van der Waals surface area contributed by atoms with Crippen LogP contribution in [0.15, 0.2) is 0 Å². The Labute approximate surface area is 106 Å². The molecule has 0 radical (unpaired) electrons. The van der Waals surface area contributed by atoms with E-state index in [1.165, 1.54) is 0 Å². The van der Waals surface area contributed by atoms with E-state index < -0.39 is 0 Å². The fourth-order valence-electron chi connectivity index (χ4n) is 1.53. The molecule has 0 aliphatic rings. The van der Waals surface area contributed by atoms with Gasteiger partial charge in [0.2, 0.25) is 0 Å². The molecule has 0 saturated heterocycles. The number of carbonyl (C=O) groups excluding carboxylic acids is 1. The Balaban J connectivity index is 3.92. The first-order valence-electron chi connectivity index (χ1n) is 6.84. The number of ether oxygens (including phenoxy) is 1. The summed E-state index contributed by atoms with van der Waals surface area (Å²) in [5.74, 6) is 0.339. The summed E-state index contributed by atoms with van der Waals surface area (Å²) in [6.45, 7) is 12.1. The number of esters is 1. The normalized spacial score (nSPS) is 14.7. The van der Waals surface area contributed by atoms with Crippen molar-refractivity contribution in [2.45, 2.75) is 65.8 Å². The van der Waals surface area contributed by atoms with Gasteiger partial charge in [-0.1, -0.05) is 27.7 Å². The van der Waals surface area contributed by atoms with Crippen LogP contribution in [0.5, 0.6) is 0 Å². The minimum absolute atomic E-state index is 0.0624. The van der Waals surface area contributed by atoms with Crippen LogP contribution < -0.4 is 5.32 Å². The highest BCUT2D eigenvalue weighted by atomic mass is 16.5. The summed E-state index contributed by atoms with van der Waals surface area (Å²) in [6.07, 6.45) is 3.51. The van der Waals surface area contributed by atoms with Crippen molar-refractivity contribution >= 4 is 5.97 Å². The Morgan fingerprint density at radius 3 is 2.47 bits per heavy atom. The van der Waals surface area contributed by atoms with E-state index in [0.29, 0.717) is 18.9 Å². The van der Waals surface area contributed by atoms with Gasteiger partial charge in [0, 0.05) is 12.0 Å². The molecule has 3 nitrogen and oxygen atoms in total. The summed E-state index contributed by atoms with van der Waals surface area (Å²) in [4.78, 5) is 11.5. The molecule has 0 amide bonds. The van der Waals surface area contributed by atoms with E-state index >= 15 is 0 Å². The van der Waals surface area contributed by atoms with Gasteiger partial charge in [0.15, 0.2) is 0 Å². The SMILES string of the molecule is CCCNC(C)(CC)CCC(=O)OCC(C)C. The molecular weight excluding hydrogens is 214 g/mol. The molecule has 1 N–H and O–H groups in total. The van der Waals surface area contributed by atoms with Gasteiger partial charge in [-0.05, 0) is 38.6 Å². The summed E-state index contributed by atoms with van der Waals surface area (Å²) in [5, 5.41) is 3.51. The van der Waals surface area contributed by atoms with Crippen LogP contribution in [0.3, 0.4) is 0 Å². The van der Waals surface area contributed by atoms with Gasteiger partial charge in [0.05, 0.1) is 6.61 Å². The predicted octanol–water partition coefficient (Wildman–Crippen LogP) is 3.13. The molecule has 0 bridgehead atoms. The Morgan fingerprint density at radius 1 is 1.35 bits per heavy atom. The number of hydrogen-bond acceptors (Lipinski definition) is 3. The van der Waals surface area contributed by atoms with Crippen LogP contribution in [0.25, 0.3) is 0 Å². The maximum Gasteiger partial charge on any atom is 0.305 e. The summed E-state index contributed by atoms with van der Waals surface area (Å²) < 4.78 is 5.18. The molecule has 0 spiro atoms. The third-order valence-corrected chi connectivity index (χ3v) is 3.04. The molecule has 0 aromatic rings. The van der Waals surface area contributed by atoms with E-state index in [4.69, 9.17) is 4.74 Å². The zero-order valence-corrected chi connectivity index (χ0v) is 12.1. The second-order valence-electron chi connectivity index (χ2n) is 5.42. The van der Waals surface area contributed by atoms with Crippen molar-refractivity contribution in [3.63, 3.8) is 0 Å². The molecule has 0 saturated carbocycles. The summed E-state index contributed by atoms with van der Waals surface area (Å²) in [7, 11) is 0. The van der Waals surface area contributed by atoms with E-state index in [1.807, 2.05) is 13.8 Å². The van der Waals surface area contributed by atoms with Crippen LogP contribution in [-0.4, -0.2) is 24.7 Å². The molecule has 0 rings (SSSR count). The van der Waals surface area contributed by atoms with E-state index in [0.717, 1.165) is 25.8 Å². The second-order valence-corrected chi connectivity index (χ2v) is 5.42. The number of hydrogen-bond donors (Lipinski definition) is 1. The lowest BCUT2D eigenvalue weighted by Gasteiger charge is -2.29. The zero-order valence-electron chi connectivity index (χ0n) is 12.1. The van der Waals surface area contributed by atoms with E-state index in [1.54, 1.807) is 0 Å². The molecule has 0 heterocycles. The highest BCUT2D eigenvalue weighted by Crippen LogP contribution is 2.17. The molecule has 1 unspecified atom stereocenters. The molecule has 0 aromatic carbocycles. The minimum atomic E-state index is -0.0725. The molecular formula is C14H29NO2. The van der Waals surface area contributed by atoms with E-state index in [2.05, 4.69) is 26.1 Å². The molecule has 3 heteroatoms. The van der Waals surface area contributed by atoms with E-state index in [9.17, 15) is 4.79 Å². The lowest BCUT2D eigenvalue weighted by Crippen LogP contribution is -2.42. The van der Waals surface area contributed by atoms with Crippen molar-refractivity contribution in [3.05, 3.63) is 0 Å². The van der Waals surface area contributed by atoms with Crippen LogP contribution in [0.4, 0.5) is 0 Å². The third-order valence-electron chi connectivity index (χ3n) is 3.04. The van der Waals surface area contributed by atoms with Gasteiger partial charge in [-0.3, -0.25) is 4.79 Å². The summed E-state index contributed by atoms with van der Waals surface area (Å²) >= 11 is 0. The standard InChI is InChI=1S/C14H29NO2/c1-6-10-15-14(5,7-2)9-8-13(16)17-11-12(3)4/h12,15H,6-11H2,1-5H3. The number of rotatable bonds is 9. The molecule has 0 aromatic heterocycles. The Morgan fingerprint density at radius 2 is 2.00 bits per heavy atom. The van der Waals surface area contributed by atoms with Crippen molar-refractivity contribution in [3.8, 4) is 0 Å². The molecule has 1 atom stereocenters. The van der Waals surface area contributed by atoms with Crippen molar-refractivity contribution in [2.24, 2.45) is 5.92 Å². The smallest absolute Gasteiger partial charge is 0.305 e. The summed E-state index contributed by atoms with van der Waals surface area (Å²) in [5.41, 5.74) is 0.0624. The van der Waals surface area contributed by atoms with Crippen LogP contribution in [-0.2, 0) is 9.53 Å². The average Bonchev–Trinajstić information content (AvgIpc) is 2.31. The van der Waals surface area contributed by atoms with Crippen LogP contribution in [0, 0.1) is 5.92 Å². The predicted molar refractivity (Wildman–Crippen MR) is 72.0 cm³/mol. The van der Waals surface area contributed by atoms with Gasteiger partial charge in [0.1, 0.15) is 0 Å². The highest BCUT2D eigenvalue weighted by Gasteiger charge is 2.22. The lowest BCUT2D eigenvalue weighted by atomic mass is 9.92. The van der Waals surface area contributed by atoms with Crippen molar-refractivity contribution in [1.82, 2.24) is 5.32 Å². The van der Waals surface area contributed by atoms with Crippen molar-refractivity contribution in [2.75, 3.05) is 13.2 Å². The van der Waals surface area contributed by atoms with Gasteiger partial charge in [-0.15, -0.1) is 0 Å². The molecule has 102 valence electrons. The van der Waals surface area contributed by atoms with Crippen LogP contribution in [0.2, 0.25) is 0 Å². The van der Waals surface area contributed by atoms with Gasteiger partial charge in [-0.25, -0.2) is 0 Å². The van der Waals surface area contributed by atoms with Gasteiger partial charge in [0.25, 0.3) is 0 Å². The zero-order chi connectivity index (χ0) is 13.3. The van der Waals surface area contributed by atoms with Crippen LogP contribution in [0.1, 0.15) is 60.3 Å². The second kappa shape index (κ2) is 8.51. The Bertz CT molecular complexity index is 216. The van der Waals surface area contributed by atoms with Crippen molar-refractivity contribution < 1.29 is 9.53 Å². The molecule has 17 heavy (non-hydrogen) atoms. The highest BCUT2D eigenvalue weighted by molar-refractivity contribution is 5.69. The fourth-order valence-corrected chi connectivity index (χ4v) is 1.53. The lowest BCUT2D eigenvalue weighted by molar-refractivity contribution is -0.145. The first-order valence-corrected chi connectivity index (χ1v) is 6.84. The first-order chi connectivity index (χ1) is 7.93. The van der Waals surface area contributed by atoms with Crippen LogP contribution >= 0.6 is 0 Å². The van der Waals surface area contributed by atoms with Gasteiger partial charge < -0.3 is 10.1 Å². The van der Waals surface area contributed by atoms with Gasteiger partial charge >= 0.3 is 5.97 Å². The third kappa shape index (κ3) is 8.19. The molecule has 0 fully saturated rings. The minimum Gasteiger partial charge on any atom is -0.465 e. The average molecular weight is 243 g/mol. The maximum absolute atomic E-state index is 11.5. The number of nitrogens with one attached hydrogen (secondary N) is 1. The summed E-state index contributed by atoms with van der Waals surface area (Å²) in [6, 6.07) is 0. The Kier molecular flexibility index (Phi) is 8.23. The molecule has 0 aliphatic heterocycles. The Hall–Kier alpha value is -0.570. The monoisotopic (exact) mass is 243 g/mol. The van der Waals surface area contributed by atoms with Crippen molar-refractivity contribution in [1.29, 1.82) is 0 Å². The molecule has 0 aliphatic carbocycles.